The molecule has 0 radical (unpaired) electrons. The molecule has 1 unspecified atom stereocenters. The smallest absolute Gasteiger partial charge is 0.378 e. The maximum absolute atomic E-state index is 11.4. The molecule has 1 N–H and O–H groups in total. The molecule has 18 heavy (non-hydrogen) atoms. The molecule has 94 valence electrons. The molecule has 0 saturated heterocycles. The first-order valence-electron chi connectivity index (χ1n) is 5.60. The van der Waals surface area contributed by atoms with Crippen LogP contribution in [0.1, 0.15) is 28.6 Å². The summed E-state index contributed by atoms with van der Waals surface area (Å²) in [5, 5.41) is 11.5. The quantitative estimate of drug-likeness (QED) is 0.833. The largest absolute Gasteiger partial charge is 0.463 e. The first-order valence-corrected chi connectivity index (χ1v) is 6.54. The molecule has 0 bridgehead atoms. The highest BCUT2D eigenvalue weighted by molar-refractivity contribution is 7.07. The Kier molecular flexibility index (Phi) is 2.75. The van der Waals surface area contributed by atoms with Gasteiger partial charge in [0.05, 0.1) is 13.2 Å². The van der Waals surface area contributed by atoms with Crippen molar-refractivity contribution in [2.24, 2.45) is 0 Å². The van der Waals surface area contributed by atoms with Gasteiger partial charge >= 0.3 is 5.97 Å². The van der Waals surface area contributed by atoms with Gasteiger partial charge < -0.3 is 10.1 Å². The lowest BCUT2D eigenvalue weighted by molar-refractivity contribution is 0.0586. The summed E-state index contributed by atoms with van der Waals surface area (Å²) in [7, 11) is 1.33. The number of nitrogens with one attached hydrogen (secondary N) is 1. The molecule has 6 nitrogen and oxygen atoms in total. The molecule has 3 rings (SSSR count). The minimum atomic E-state index is -0.511. The molecule has 0 fully saturated rings. The van der Waals surface area contributed by atoms with Crippen molar-refractivity contribution in [1.82, 2.24) is 14.8 Å². The third-order valence-corrected chi connectivity index (χ3v) is 3.62. The lowest BCUT2D eigenvalue weighted by atomic mass is 10.1. The molecule has 0 amide bonds. The Bertz CT molecular complexity index is 564. The van der Waals surface area contributed by atoms with Crippen LogP contribution in [0.2, 0.25) is 0 Å². The number of aromatic nitrogens is 3. The minimum absolute atomic E-state index is 0.0992. The van der Waals surface area contributed by atoms with Crippen LogP contribution in [0.25, 0.3) is 0 Å². The van der Waals surface area contributed by atoms with E-state index in [1.807, 2.05) is 5.38 Å². The number of ether oxygens (including phenoxy) is 1. The Hall–Kier alpha value is -1.89. The molecule has 0 aliphatic carbocycles. The second-order valence-electron chi connectivity index (χ2n) is 3.98. The molecule has 0 spiro atoms. The third kappa shape index (κ3) is 1.76. The van der Waals surface area contributed by atoms with E-state index in [9.17, 15) is 4.79 Å². The molecule has 2 aromatic heterocycles. The number of hydrogen-bond acceptors (Lipinski definition) is 6. The fourth-order valence-corrected chi connectivity index (χ4v) is 2.76. The summed E-state index contributed by atoms with van der Waals surface area (Å²) in [5.41, 5.74) is 1.20. The number of methoxy groups -OCH3 is 1. The van der Waals surface area contributed by atoms with Crippen molar-refractivity contribution >= 4 is 23.3 Å². The molecule has 0 aromatic carbocycles. The predicted molar refractivity (Wildman–Crippen MR) is 66.9 cm³/mol. The van der Waals surface area contributed by atoms with Gasteiger partial charge in [0.2, 0.25) is 5.95 Å². The highest BCUT2D eigenvalue weighted by Gasteiger charge is 2.26. The van der Waals surface area contributed by atoms with Crippen LogP contribution in [0.4, 0.5) is 5.95 Å². The van der Waals surface area contributed by atoms with Crippen molar-refractivity contribution in [3.8, 4) is 0 Å². The Morgan fingerprint density at radius 2 is 2.56 bits per heavy atom. The molecule has 1 aliphatic rings. The average molecular weight is 264 g/mol. The van der Waals surface area contributed by atoms with Gasteiger partial charge in [-0.25, -0.2) is 9.48 Å². The lowest BCUT2D eigenvalue weighted by Gasteiger charge is -2.23. The van der Waals surface area contributed by atoms with Gasteiger partial charge in [-0.15, -0.1) is 5.10 Å². The first kappa shape index (κ1) is 11.2. The number of rotatable bonds is 2. The second-order valence-corrected chi connectivity index (χ2v) is 4.76. The molecule has 1 atom stereocenters. The number of nitrogens with zero attached hydrogens (tertiary/aromatic N) is 3. The van der Waals surface area contributed by atoms with Crippen LogP contribution >= 0.6 is 11.3 Å². The van der Waals surface area contributed by atoms with Crippen LogP contribution in [0.3, 0.4) is 0 Å². The molecular weight excluding hydrogens is 252 g/mol. The fraction of sp³-hybridized carbons (Fsp3) is 0.364. The van der Waals surface area contributed by atoms with E-state index in [1.165, 1.54) is 12.7 Å². The zero-order chi connectivity index (χ0) is 12.5. The normalized spacial score (nSPS) is 17.9. The summed E-state index contributed by atoms with van der Waals surface area (Å²) in [6.07, 6.45) is 0.924. The van der Waals surface area contributed by atoms with Crippen molar-refractivity contribution in [3.63, 3.8) is 0 Å². The van der Waals surface area contributed by atoms with Crippen molar-refractivity contribution in [2.45, 2.75) is 12.5 Å². The number of esters is 1. The third-order valence-electron chi connectivity index (χ3n) is 2.92. The maximum Gasteiger partial charge on any atom is 0.378 e. The zero-order valence-electron chi connectivity index (χ0n) is 9.79. The van der Waals surface area contributed by atoms with Gasteiger partial charge in [-0.2, -0.15) is 16.3 Å². The second kappa shape index (κ2) is 4.41. The number of hydrogen-bond donors (Lipinski definition) is 1. The Balaban J connectivity index is 2.00. The summed E-state index contributed by atoms with van der Waals surface area (Å²) in [6.45, 7) is 0.819. The SMILES string of the molecule is COC(=O)c1nc2n(n1)C(c1ccsc1)CCN2. The molecule has 0 saturated carbocycles. The Labute approximate surface area is 108 Å². The van der Waals surface area contributed by atoms with Crippen molar-refractivity contribution in [1.29, 1.82) is 0 Å². The van der Waals surface area contributed by atoms with Gasteiger partial charge in [0.25, 0.3) is 5.82 Å². The number of carbonyl (C=O) groups is 1. The number of anilines is 1. The summed E-state index contributed by atoms with van der Waals surface area (Å²) >= 11 is 1.65. The summed E-state index contributed by atoms with van der Waals surface area (Å²) in [4.78, 5) is 15.6. The average Bonchev–Trinajstić information content (AvgIpc) is 3.05. The fourth-order valence-electron chi connectivity index (χ4n) is 2.05. The lowest BCUT2D eigenvalue weighted by Crippen LogP contribution is -2.24. The van der Waals surface area contributed by atoms with E-state index in [0.29, 0.717) is 5.95 Å². The standard InChI is InChI=1S/C11H12N4O2S/c1-17-10(16)9-13-11-12-4-2-8(15(11)14-9)7-3-5-18-6-7/h3,5-6,8H,2,4H2,1H3,(H,12,13,14). The van der Waals surface area contributed by atoms with Crippen LogP contribution in [0, 0.1) is 0 Å². The van der Waals surface area contributed by atoms with Crippen LogP contribution in [0.5, 0.6) is 0 Å². The van der Waals surface area contributed by atoms with Crippen LogP contribution in [-0.2, 0) is 4.74 Å². The van der Waals surface area contributed by atoms with Gasteiger partial charge in [0.15, 0.2) is 0 Å². The first-order chi connectivity index (χ1) is 8.79. The van der Waals surface area contributed by atoms with E-state index in [-0.39, 0.29) is 11.9 Å². The molecule has 3 heterocycles. The summed E-state index contributed by atoms with van der Waals surface area (Å²) < 4.78 is 6.40. The van der Waals surface area contributed by atoms with E-state index < -0.39 is 5.97 Å². The van der Waals surface area contributed by atoms with Crippen molar-refractivity contribution in [2.75, 3.05) is 19.0 Å². The Morgan fingerprint density at radius 1 is 1.67 bits per heavy atom. The van der Waals surface area contributed by atoms with E-state index in [0.717, 1.165) is 13.0 Å². The van der Waals surface area contributed by atoms with Crippen molar-refractivity contribution < 1.29 is 9.53 Å². The highest BCUT2D eigenvalue weighted by Crippen LogP contribution is 2.29. The van der Waals surface area contributed by atoms with E-state index in [1.54, 1.807) is 16.0 Å². The minimum Gasteiger partial charge on any atom is -0.463 e. The topological polar surface area (TPSA) is 69.0 Å². The van der Waals surface area contributed by atoms with Crippen molar-refractivity contribution in [3.05, 3.63) is 28.2 Å². The predicted octanol–water partition coefficient (Wildman–Crippen LogP) is 1.53. The number of fused-ring (bicyclic) bond motifs is 1. The summed E-state index contributed by atoms with van der Waals surface area (Å²) in [6, 6.07) is 2.21. The molecule has 2 aromatic rings. The van der Waals surface area contributed by atoms with Gasteiger partial charge in [-0.1, -0.05) is 0 Å². The maximum atomic E-state index is 11.4. The van der Waals surface area contributed by atoms with E-state index >= 15 is 0 Å². The van der Waals surface area contributed by atoms with E-state index in [4.69, 9.17) is 0 Å². The molecular formula is C11H12N4O2S. The van der Waals surface area contributed by atoms with Gasteiger partial charge in [0.1, 0.15) is 0 Å². The van der Waals surface area contributed by atoms with Gasteiger partial charge in [-0.3, -0.25) is 0 Å². The Morgan fingerprint density at radius 3 is 3.28 bits per heavy atom. The van der Waals surface area contributed by atoms with Crippen LogP contribution in [0.15, 0.2) is 16.8 Å². The van der Waals surface area contributed by atoms with Crippen LogP contribution < -0.4 is 5.32 Å². The van der Waals surface area contributed by atoms with Gasteiger partial charge in [0, 0.05) is 6.54 Å². The van der Waals surface area contributed by atoms with E-state index in [2.05, 4.69) is 31.6 Å². The van der Waals surface area contributed by atoms with Gasteiger partial charge in [-0.05, 0) is 28.8 Å². The summed E-state index contributed by atoms with van der Waals surface area (Å²) in [5.74, 6) is 0.211. The number of thiophene rings is 1. The molecule has 7 heteroatoms. The highest BCUT2D eigenvalue weighted by atomic mass is 32.1. The van der Waals surface area contributed by atoms with Crippen LogP contribution in [-0.4, -0.2) is 34.4 Å². The number of carbonyl (C=O) groups excluding carboxylic acids is 1. The molecule has 1 aliphatic heterocycles. The zero-order valence-corrected chi connectivity index (χ0v) is 10.6. The monoisotopic (exact) mass is 264 g/mol.